The van der Waals surface area contributed by atoms with Crippen molar-refractivity contribution >= 4 is 0 Å². The van der Waals surface area contributed by atoms with E-state index >= 15 is 0 Å². The molecule has 0 unspecified atom stereocenters. The fraction of sp³-hybridized carbons (Fsp3) is 0.400. The maximum atomic E-state index is 5.53. The molecule has 0 atom stereocenters. The molecule has 3 nitrogen and oxygen atoms in total. The number of ether oxygens (including phenoxy) is 1. The second kappa shape index (κ2) is 4.84. The maximum absolute atomic E-state index is 5.53. The van der Waals surface area contributed by atoms with Gasteiger partial charge in [-0.15, -0.1) is 0 Å². The highest BCUT2D eigenvalue weighted by atomic mass is 16.5. The average Bonchev–Trinajstić information content (AvgIpc) is 2.04. The third kappa shape index (κ3) is 3.44. The van der Waals surface area contributed by atoms with E-state index in [0.29, 0.717) is 6.54 Å². The fourth-order valence-electron chi connectivity index (χ4n) is 1.12. The topological polar surface area (TPSA) is 47.3 Å². The van der Waals surface area contributed by atoms with Crippen LogP contribution in [0.2, 0.25) is 0 Å². The second-order valence-corrected chi connectivity index (χ2v) is 3.19. The van der Waals surface area contributed by atoms with E-state index in [9.17, 15) is 0 Å². The highest BCUT2D eigenvalue weighted by molar-refractivity contribution is 5.28. The van der Waals surface area contributed by atoms with E-state index in [4.69, 9.17) is 10.6 Å². The zero-order chi connectivity index (χ0) is 9.68. The molecule has 13 heavy (non-hydrogen) atoms. The van der Waals surface area contributed by atoms with Gasteiger partial charge in [-0.2, -0.15) is 0 Å². The summed E-state index contributed by atoms with van der Waals surface area (Å²) in [6.45, 7) is 4.68. The first-order chi connectivity index (χ1) is 6.22. The number of hydrogen-bond donors (Lipinski definition) is 2. The minimum Gasteiger partial charge on any atom is -0.491 e. The van der Waals surface area contributed by atoms with Gasteiger partial charge in [0.05, 0.1) is 6.10 Å². The smallest absolute Gasteiger partial charge is 0.120 e. The van der Waals surface area contributed by atoms with Gasteiger partial charge in [-0.05, 0) is 31.5 Å². The minimum absolute atomic E-state index is 0.209. The van der Waals surface area contributed by atoms with Gasteiger partial charge in [0, 0.05) is 6.54 Å². The summed E-state index contributed by atoms with van der Waals surface area (Å²) in [5.41, 5.74) is 3.73. The van der Waals surface area contributed by atoms with Gasteiger partial charge in [0.15, 0.2) is 0 Å². The van der Waals surface area contributed by atoms with Crippen molar-refractivity contribution in [2.24, 2.45) is 5.84 Å². The predicted molar refractivity (Wildman–Crippen MR) is 53.2 cm³/mol. The summed E-state index contributed by atoms with van der Waals surface area (Å²) in [7, 11) is 0. The Morgan fingerprint density at radius 2 is 2.23 bits per heavy atom. The Morgan fingerprint density at radius 1 is 1.46 bits per heavy atom. The average molecular weight is 180 g/mol. The van der Waals surface area contributed by atoms with Crippen LogP contribution in [0.4, 0.5) is 0 Å². The van der Waals surface area contributed by atoms with Crippen LogP contribution >= 0.6 is 0 Å². The van der Waals surface area contributed by atoms with E-state index in [1.807, 2.05) is 38.1 Å². The molecule has 0 aliphatic heterocycles. The summed E-state index contributed by atoms with van der Waals surface area (Å²) in [5.74, 6) is 6.11. The van der Waals surface area contributed by atoms with Gasteiger partial charge in [-0.1, -0.05) is 12.1 Å². The molecule has 0 aromatic heterocycles. The van der Waals surface area contributed by atoms with Gasteiger partial charge in [-0.25, -0.2) is 0 Å². The zero-order valence-electron chi connectivity index (χ0n) is 8.08. The maximum Gasteiger partial charge on any atom is 0.120 e. The molecule has 0 radical (unpaired) electrons. The summed E-state index contributed by atoms with van der Waals surface area (Å²) in [5, 5.41) is 0. The molecule has 0 spiro atoms. The van der Waals surface area contributed by atoms with Crippen LogP contribution in [0.5, 0.6) is 5.75 Å². The van der Waals surface area contributed by atoms with Crippen molar-refractivity contribution in [1.82, 2.24) is 5.43 Å². The summed E-state index contributed by atoms with van der Waals surface area (Å²) in [6.07, 6.45) is 0.209. The van der Waals surface area contributed by atoms with Crippen LogP contribution in [0.15, 0.2) is 24.3 Å². The Hall–Kier alpha value is -1.06. The molecule has 1 rings (SSSR count). The second-order valence-electron chi connectivity index (χ2n) is 3.19. The van der Waals surface area contributed by atoms with Gasteiger partial charge in [-0.3, -0.25) is 11.3 Å². The van der Waals surface area contributed by atoms with Crippen LogP contribution in [0, 0.1) is 0 Å². The quantitative estimate of drug-likeness (QED) is 0.544. The summed E-state index contributed by atoms with van der Waals surface area (Å²) in [6, 6.07) is 7.90. The van der Waals surface area contributed by atoms with Crippen LogP contribution in [0.1, 0.15) is 19.4 Å². The molecule has 0 bridgehead atoms. The molecule has 0 heterocycles. The number of rotatable bonds is 4. The van der Waals surface area contributed by atoms with E-state index in [1.54, 1.807) is 0 Å². The Kier molecular flexibility index (Phi) is 3.73. The Labute approximate surface area is 78.9 Å². The van der Waals surface area contributed by atoms with Crippen LogP contribution in [0.3, 0.4) is 0 Å². The molecule has 0 aliphatic carbocycles. The molecule has 1 aromatic carbocycles. The molecule has 72 valence electrons. The van der Waals surface area contributed by atoms with E-state index in [-0.39, 0.29) is 6.10 Å². The SMILES string of the molecule is CC(C)Oc1cccc(CNN)c1. The summed E-state index contributed by atoms with van der Waals surface area (Å²) >= 11 is 0. The van der Waals surface area contributed by atoms with E-state index in [2.05, 4.69) is 5.43 Å². The monoisotopic (exact) mass is 180 g/mol. The highest BCUT2D eigenvalue weighted by Crippen LogP contribution is 2.14. The molecular weight excluding hydrogens is 164 g/mol. The van der Waals surface area contributed by atoms with Gasteiger partial charge in [0.1, 0.15) is 5.75 Å². The summed E-state index contributed by atoms with van der Waals surface area (Å²) in [4.78, 5) is 0. The molecule has 0 fully saturated rings. The summed E-state index contributed by atoms with van der Waals surface area (Å²) < 4.78 is 5.53. The highest BCUT2D eigenvalue weighted by Gasteiger charge is 1.98. The van der Waals surface area contributed by atoms with Crippen molar-refractivity contribution in [3.05, 3.63) is 29.8 Å². The minimum atomic E-state index is 0.209. The van der Waals surface area contributed by atoms with Gasteiger partial charge >= 0.3 is 0 Å². The largest absolute Gasteiger partial charge is 0.491 e. The first-order valence-electron chi connectivity index (χ1n) is 4.41. The van der Waals surface area contributed by atoms with Crippen molar-refractivity contribution in [2.45, 2.75) is 26.5 Å². The standard InChI is InChI=1S/C10H16N2O/c1-8(2)13-10-5-3-4-9(6-10)7-12-11/h3-6,8,12H,7,11H2,1-2H3. The lowest BCUT2D eigenvalue weighted by Gasteiger charge is -2.10. The Bertz CT molecular complexity index is 261. The zero-order valence-corrected chi connectivity index (χ0v) is 8.08. The van der Waals surface area contributed by atoms with Gasteiger partial charge in [0.25, 0.3) is 0 Å². The lowest BCUT2D eigenvalue weighted by atomic mass is 10.2. The third-order valence-corrected chi connectivity index (χ3v) is 1.58. The normalized spacial score (nSPS) is 10.5. The fourth-order valence-corrected chi connectivity index (χ4v) is 1.12. The number of hydrazine groups is 1. The lowest BCUT2D eigenvalue weighted by Crippen LogP contribution is -2.20. The van der Waals surface area contributed by atoms with Crippen molar-refractivity contribution < 1.29 is 4.74 Å². The third-order valence-electron chi connectivity index (χ3n) is 1.58. The molecule has 0 saturated heterocycles. The predicted octanol–water partition coefficient (Wildman–Crippen LogP) is 1.44. The van der Waals surface area contributed by atoms with Crippen molar-refractivity contribution in [3.8, 4) is 5.75 Å². The first kappa shape index (κ1) is 10.0. The lowest BCUT2D eigenvalue weighted by molar-refractivity contribution is 0.242. The molecule has 1 aromatic rings. The van der Waals surface area contributed by atoms with Crippen LogP contribution < -0.4 is 16.0 Å². The number of hydrogen-bond acceptors (Lipinski definition) is 3. The Balaban J connectivity index is 2.67. The van der Waals surface area contributed by atoms with Crippen molar-refractivity contribution in [3.63, 3.8) is 0 Å². The van der Waals surface area contributed by atoms with E-state index in [1.165, 1.54) is 0 Å². The molecule has 3 N–H and O–H groups in total. The first-order valence-corrected chi connectivity index (χ1v) is 4.41. The van der Waals surface area contributed by atoms with Crippen molar-refractivity contribution in [1.29, 1.82) is 0 Å². The van der Waals surface area contributed by atoms with Crippen LogP contribution in [-0.4, -0.2) is 6.10 Å². The molecule has 0 aliphatic rings. The molecule has 0 saturated carbocycles. The van der Waals surface area contributed by atoms with E-state index in [0.717, 1.165) is 11.3 Å². The molecule has 0 amide bonds. The Morgan fingerprint density at radius 3 is 2.85 bits per heavy atom. The number of nitrogens with one attached hydrogen (secondary N) is 1. The molecular formula is C10H16N2O. The van der Waals surface area contributed by atoms with Crippen LogP contribution in [-0.2, 0) is 6.54 Å². The van der Waals surface area contributed by atoms with Gasteiger partial charge in [0.2, 0.25) is 0 Å². The van der Waals surface area contributed by atoms with Gasteiger partial charge < -0.3 is 4.74 Å². The number of nitrogens with two attached hydrogens (primary N) is 1. The molecule has 3 heteroatoms. The van der Waals surface area contributed by atoms with Crippen molar-refractivity contribution in [2.75, 3.05) is 0 Å². The van der Waals surface area contributed by atoms with E-state index < -0.39 is 0 Å². The number of benzene rings is 1. The van der Waals surface area contributed by atoms with Crippen LogP contribution in [0.25, 0.3) is 0 Å².